The summed E-state index contributed by atoms with van der Waals surface area (Å²) in [5.41, 5.74) is 0.602. The molecule has 0 fully saturated rings. The fraction of sp³-hybridized carbons (Fsp3) is 0.778. The summed E-state index contributed by atoms with van der Waals surface area (Å²) in [5.74, 6) is 0. The molecular weight excluding hydrogens is 166 g/mol. The number of rotatable bonds is 7. The maximum atomic E-state index is 5.63. The Morgan fingerprint density at radius 1 is 1.58 bits per heavy atom. The first-order valence-electron chi connectivity index (χ1n) is 4.66. The zero-order valence-corrected chi connectivity index (χ0v) is 9.88. The van der Waals surface area contributed by atoms with E-state index in [2.05, 4.69) is 32.7 Å². The average Bonchev–Trinajstić information content (AvgIpc) is 2.05. The van der Waals surface area contributed by atoms with E-state index in [0.29, 0.717) is 11.8 Å². The SMILES string of the molecule is C=CCNC(CC)[SiH2]OC(C)C. The third-order valence-corrected chi connectivity index (χ3v) is 3.80. The van der Waals surface area contributed by atoms with Crippen LogP contribution in [-0.2, 0) is 4.43 Å². The lowest BCUT2D eigenvalue weighted by molar-refractivity contribution is 0.248. The van der Waals surface area contributed by atoms with Crippen LogP contribution in [0.25, 0.3) is 0 Å². The van der Waals surface area contributed by atoms with Crippen LogP contribution in [0.5, 0.6) is 0 Å². The van der Waals surface area contributed by atoms with E-state index >= 15 is 0 Å². The van der Waals surface area contributed by atoms with Crippen molar-refractivity contribution in [2.75, 3.05) is 6.54 Å². The van der Waals surface area contributed by atoms with Crippen LogP contribution in [0.1, 0.15) is 27.2 Å². The number of hydrogen-bond donors (Lipinski definition) is 1. The molecule has 0 heterocycles. The highest BCUT2D eigenvalue weighted by molar-refractivity contribution is 6.29. The molecule has 3 heteroatoms. The van der Waals surface area contributed by atoms with Gasteiger partial charge in [-0.3, -0.25) is 0 Å². The molecule has 0 aromatic rings. The van der Waals surface area contributed by atoms with Crippen molar-refractivity contribution in [3.63, 3.8) is 0 Å². The molecule has 0 amide bonds. The minimum atomic E-state index is -0.401. The van der Waals surface area contributed by atoms with Gasteiger partial charge in [0.25, 0.3) is 0 Å². The van der Waals surface area contributed by atoms with E-state index in [4.69, 9.17) is 4.43 Å². The van der Waals surface area contributed by atoms with Gasteiger partial charge in [-0.25, -0.2) is 0 Å². The van der Waals surface area contributed by atoms with Crippen LogP contribution in [0.15, 0.2) is 12.7 Å². The van der Waals surface area contributed by atoms with Gasteiger partial charge in [-0.1, -0.05) is 13.0 Å². The molecule has 0 aromatic carbocycles. The third-order valence-electron chi connectivity index (χ3n) is 1.67. The molecule has 12 heavy (non-hydrogen) atoms. The fourth-order valence-electron chi connectivity index (χ4n) is 0.880. The standard InChI is InChI=1S/C9H21NOSi/c1-5-7-10-9(6-2)12-11-8(3)4/h5,8-10H,1,6-7,12H2,2-4H3. The first kappa shape index (κ1) is 11.9. The molecule has 0 aliphatic carbocycles. The van der Waals surface area contributed by atoms with Crippen LogP contribution < -0.4 is 5.32 Å². The van der Waals surface area contributed by atoms with Crippen molar-refractivity contribution in [1.29, 1.82) is 0 Å². The summed E-state index contributed by atoms with van der Waals surface area (Å²) in [5, 5.41) is 3.39. The Kier molecular flexibility index (Phi) is 7.44. The summed E-state index contributed by atoms with van der Waals surface area (Å²) in [6, 6.07) is 0. The van der Waals surface area contributed by atoms with Crippen LogP contribution in [0, 0.1) is 0 Å². The van der Waals surface area contributed by atoms with E-state index in [9.17, 15) is 0 Å². The van der Waals surface area contributed by atoms with E-state index in [1.807, 2.05) is 6.08 Å². The number of hydrogen-bond acceptors (Lipinski definition) is 2. The van der Waals surface area contributed by atoms with Gasteiger partial charge in [-0.2, -0.15) is 0 Å². The fourth-order valence-corrected chi connectivity index (χ4v) is 2.02. The predicted octanol–water partition coefficient (Wildman–Crippen LogP) is 1.01. The molecule has 0 radical (unpaired) electrons. The normalized spacial score (nSPS) is 14.3. The third kappa shape index (κ3) is 6.58. The van der Waals surface area contributed by atoms with Gasteiger partial charge in [-0.15, -0.1) is 6.58 Å². The minimum Gasteiger partial charge on any atom is -0.420 e. The van der Waals surface area contributed by atoms with Crippen LogP contribution >= 0.6 is 0 Å². The van der Waals surface area contributed by atoms with Gasteiger partial charge in [0.1, 0.15) is 0 Å². The van der Waals surface area contributed by atoms with Crippen molar-refractivity contribution in [1.82, 2.24) is 5.32 Å². The summed E-state index contributed by atoms with van der Waals surface area (Å²) < 4.78 is 5.63. The molecule has 0 spiro atoms. The van der Waals surface area contributed by atoms with Crippen molar-refractivity contribution in [3.8, 4) is 0 Å². The molecule has 2 nitrogen and oxygen atoms in total. The molecule has 0 aromatic heterocycles. The summed E-state index contributed by atoms with van der Waals surface area (Å²) in [6.07, 6.45) is 3.44. The highest BCUT2D eigenvalue weighted by Gasteiger charge is 2.06. The van der Waals surface area contributed by atoms with E-state index in [-0.39, 0.29) is 0 Å². The molecular formula is C9H21NOSi. The molecule has 0 saturated heterocycles. The van der Waals surface area contributed by atoms with Gasteiger partial charge in [0, 0.05) is 18.3 Å². The Hall–Kier alpha value is -0.123. The van der Waals surface area contributed by atoms with Crippen LogP contribution in [0.3, 0.4) is 0 Å². The summed E-state index contributed by atoms with van der Waals surface area (Å²) in [4.78, 5) is 0. The van der Waals surface area contributed by atoms with E-state index in [0.717, 1.165) is 13.0 Å². The Morgan fingerprint density at radius 2 is 2.25 bits per heavy atom. The second kappa shape index (κ2) is 7.52. The Bertz CT molecular complexity index is 117. The highest BCUT2D eigenvalue weighted by atomic mass is 28.2. The van der Waals surface area contributed by atoms with Crippen molar-refractivity contribution < 1.29 is 4.43 Å². The van der Waals surface area contributed by atoms with Crippen LogP contribution in [0.2, 0.25) is 0 Å². The lowest BCUT2D eigenvalue weighted by Gasteiger charge is -2.16. The molecule has 0 rings (SSSR count). The molecule has 1 N–H and O–H groups in total. The zero-order chi connectivity index (χ0) is 9.40. The molecule has 0 bridgehead atoms. The molecule has 72 valence electrons. The Morgan fingerprint density at radius 3 is 2.67 bits per heavy atom. The summed E-state index contributed by atoms with van der Waals surface area (Å²) in [6.45, 7) is 10.9. The summed E-state index contributed by atoms with van der Waals surface area (Å²) >= 11 is 0. The Balaban J connectivity index is 3.45. The monoisotopic (exact) mass is 187 g/mol. The van der Waals surface area contributed by atoms with Crippen molar-refractivity contribution >= 4 is 9.76 Å². The quantitative estimate of drug-likeness (QED) is 0.474. The smallest absolute Gasteiger partial charge is 0.178 e. The van der Waals surface area contributed by atoms with E-state index in [1.165, 1.54) is 0 Å². The van der Waals surface area contributed by atoms with E-state index < -0.39 is 9.76 Å². The largest absolute Gasteiger partial charge is 0.420 e. The van der Waals surface area contributed by atoms with Crippen LogP contribution in [0.4, 0.5) is 0 Å². The van der Waals surface area contributed by atoms with Gasteiger partial charge >= 0.3 is 0 Å². The van der Waals surface area contributed by atoms with Crippen LogP contribution in [-0.4, -0.2) is 28.1 Å². The van der Waals surface area contributed by atoms with E-state index in [1.54, 1.807) is 0 Å². The maximum absolute atomic E-state index is 5.63. The molecule has 0 aliphatic heterocycles. The predicted molar refractivity (Wildman–Crippen MR) is 57.0 cm³/mol. The van der Waals surface area contributed by atoms with Crippen molar-refractivity contribution in [3.05, 3.63) is 12.7 Å². The first-order chi connectivity index (χ1) is 5.70. The first-order valence-corrected chi connectivity index (χ1v) is 6.06. The van der Waals surface area contributed by atoms with Gasteiger partial charge in [-0.05, 0) is 20.3 Å². The van der Waals surface area contributed by atoms with Crippen molar-refractivity contribution in [2.45, 2.75) is 39.0 Å². The average molecular weight is 187 g/mol. The summed E-state index contributed by atoms with van der Waals surface area (Å²) in [7, 11) is -0.401. The molecule has 0 aliphatic rings. The van der Waals surface area contributed by atoms with Crippen molar-refractivity contribution in [2.24, 2.45) is 0 Å². The minimum absolute atomic E-state index is 0.385. The second-order valence-corrected chi connectivity index (χ2v) is 4.84. The molecule has 0 saturated carbocycles. The lowest BCUT2D eigenvalue weighted by Crippen LogP contribution is -2.36. The molecule has 1 atom stereocenters. The van der Waals surface area contributed by atoms with Gasteiger partial charge < -0.3 is 9.74 Å². The lowest BCUT2D eigenvalue weighted by atomic mass is 10.4. The Labute approximate surface area is 78.3 Å². The number of nitrogens with one attached hydrogen (secondary N) is 1. The van der Waals surface area contributed by atoms with Gasteiger partial charge in [0.15, 0.2) is 9.76 Å². The second-order valence-electron chi connectivity index (χ2n) is 3.18. The van der Waals surface area contributed by atoms with Gasteiger partial charge in [0.2, 0.25) is 0 Å². The maximum Gasteiger partial charge on any atom is 0.178 e. The highest BCUT2D eigenvalue weighted by Crippen LogP contribution is 1.93. The molecule has 1 unspecified atom stereocenters. The van der Waals surface area contributed by atoms with Gasteiger partial charge in [0.05, 0.1) is 0 Å². The zero-order valence-electron chi connectivity index (χ0n) is 8.47. The topological polar surface area (TPSA) is 21.3 Å².